The van der Waals surface area contributed by atoms with E-state index in [0.717, 1.165) is 6.07 Å². The third-order valence-corrected chi connectivity index (χ3v) is 2.35. The van der Waals surface area contributed by atoms with Crippen LogP contribution in [0, 0.1) is 0 Å². The van der Waals surface area contributed by atoms with Crippen LogP contribution in [0.3, 0.4) is 0 Å². The summed E-state index contributed by atoms with van der Waals surface area (Å²) in [5.41, 5.74) is 5.59. The standard InChI is InChI=1S/C7H9NO4S.Na.H/c1-12-7-3-2-5(4-6(7)8)13(9,10)11;;/h2-4H,8H2,1H3,(H,9,10,11);;. The molecule has 0 aliphatic carbocycles. The van der Waals surface area contributed by atoms with E-state index in [1.165, 1.54) is 19.2 Å². The number of hydrogen-bond acceptors (Lipinski definition) is 4. The van der Waals surface area contributed by atoms with Gasteiger partial charge in [0.05, 0.1) is 17.7 Å². The molecule has 0 aliphatic rings. The Labute approximate surface area is 104 Å². The first kappa shape index (κ1) is 13.7. The summed E-state index contributed by atoms with van der Waals surface area (Å²) in [7, 11) is -2.77. The van der Waals surface area contributed by atoms with Crippen LogP contribution in [0.4, 0.5) is 5.69 Å². The SMILES string of the molecule is COc1ccc(S(=O)(=O)O)cc1N.[NaH]. The van der Waals surface area contributed by atoms with Gasteiger partial charge in [0.15, 0.2) is 0 Å². The molecule has 3 N–H and O–H groups in total. The number of anilines is 1. The van der Waals surface area contributed by atoms with Crippen molar-refractivity contribution in [3.63, 3.8) is 0 Å². The first-order valence-electron chi connectivity index (χ1n) is 3.36. The first-order chi connectivity index (χ1) is 5.95. The van der Waals surface area contributed by atoms with E-state index in [2.05, 4.69) is 0 Å². The van der Waals surface area contributed by atoms with Crippen LogP contribution < -0.4 is 10.5 Å². The third-order valence-electron chi connectivity index (χ3n) is 1.50. The number of ether oxygens (including phenoxy) is 1. The Balaban J connectivity index is 0.00000169. The fourth-order valence-corrected chi connectivity index (χ4v) is 1.39. The minimum atomic E-state index is -4.19. The van der Waals surface area contributed by atoms with E-state index >= 15 is 0 Å². The number of benzene rings is 1. The molecule has 7 heteroatoms. The molecule has 14 heavy (non-hydrogen) atoms. The molecule has 0 fully saturated rings. The van der Waals surface area contributed by atoms with Gasteiger partial charge >= 0.3 is 29.6 Å². The van der Waals surface area contributed by atoms with Crippen LogP contribution in [0.5, 0.6) is 5.75 Å². The molecule has 0 amide bonds. The Morgan fingerprint density at radius 2 is 2.00 bits per heavy atom. The summed E-state index contributed by atoms with van der Waals surface area (Å²) in [6.45, 7) is 0. The minimum absolute atomic E-state index is 0. The Morgan fingerprint density at radius 1 is 1.43 bits per heavy atom. The van der Waals surface area contributed by atoms with E-state index in [1.54, 1.807) is 0 Å². The van der Waals surface area contributed by atoms with E-state index in [-0.39, 0.29) is 40.1 Å². The summed E-state index contributed by atoms with van der Waals surface area (Å²) >= 11 is 0. The van der Waals surface area contributed by atoms with Gasteiger partial charge in [-0.1, -0.05) is 0 Å². The van der Waals surface area contributed by atoms with Crippen LogP contribution in [0.25, 0.3) is 0 Å². The Hall–Kier alpha value is -0.270. The van der Waals surface area contributed by atoms with Crippen molar-refractivity contribution < 1.29 is 17.7 Å². The predicted molar refractivity (Wildman–Crippen MR) is 54.4 cm³/mol. The van der Waals surface area contributed by atoms with Gasteiger partial charge in [0.25, 0.3) is 10.1 Å². The summed E-state index contributed by atoms with van der Waals surface area (Å²) in [5.74, 6) is 0.368. The molecule has 1 aromatic carbocycles. The summed E-state index contributed by atoms with van der Waals surface area (Å²) in [5, 5.41) is 0. The normalized spacial score (nSPS) is 10.4. The van der Waals surface area contributed by atoms with Crippen molar-refractivity contribution in [2.75, 3.05) is 12.8 Å². The maximum atomic E-state index is 10.6. The van der Waals surface area contributed by atoms with Crippen LogP contribution >= 0.6 is 0 Å². The molecular weight excluding hydrogens is 217 g/mol. The van der Waals surface area contributed by atoms with Gasteiger partial charge in [-0.3, -0.25) is 4.55 Å². The van der Waals surface area contributed by atoms with Crippen molar-refractivity contribution in [3.8, 4) is 5.75 Å². The average molecular weight is 227 g/mol. The molecule has 0 heterocycles. The van der Waals surface area contributed by atoms with Crippen LogP contribution in [0.1, 0.15) is 0 Å². The number of nitrogens with two attached hydrogens (primary N) is 1. The molecule has 0 saturated carbocycles. The molecule has 0 radical (unpaired) electrons. The fourth-order valence-electron chi connectivity index (χ4n) is 0.873. The quantitative estimate of drug-likeness (QED) is 0.417. The third kappa shape index (κ3) is 3.14. The van der Waals surface area contributed by atoms with Gasteiger partial charge < -0.3 is 10.5 Å². The molecule has 0 spiro atoms. The predicted octanol–water partition coefficient (Wildman–Crippen LogP) is -0.124. The molecule has 0 aromatic heterocycles. The van der Waals surface area contributed by atoms with Crippen molar-refractivity contribution >= 4 is 45.4 Å². The number of rotatable bonds is 2. The Morgan fingerprint density at radius 3 is 2.36 bits per heavy atom. The monoisotopic (exact) mass is 227 g/mol. The second-order valence-electron chi connectivity index (χ2n) is 2.38. The molecule has 0 unspecified atom stereocenters. The van der Waals surface area contributed by atoms with Gasteiger partial charge in [-0.15, -0.1) is 0 Å². The van der Waals surface area contributed by atoms with Crippen LogP contribution in [0.15, 0.2) is 23.1 Å². The molecule has 0 bridgehead atoms. The van der Waals surface area contributed by atoms with Gasteiger partial charge in [-0.05, 0) is 18.2 Å². The topological polar surface area (TPSA) is 89.6 Å². The summed E-state index contributed by atoms with van der Waals surface area (Å²) in [4.78, 5) is -0.245. The molecule has 1 rings (SSSR count). The molecule has 0 atom stereocenters. The van der Waals surface area contributed by atoms with Gasteiger partial charge in [-0.25, -0.2) is 0 Å². The number of nitrogen functional groups attached to an aromatic ring is 1. The molecule has 1 aromatic rings. The van der Waals surface area contributed by atoms with Crippen LogP contribution in [0.2, 0.25) is 0 Å². The Kier molecular flexibility index (Phi) is 4.90. The first-order valence-corrected chi connectivity index (χ1v) is 4.80. The summed E-state index contributed by atoms with van der Waals surface area (Å²) < 4.78 is 34.8. The zero-order valence-corrected chi connectivity index (χ0v) is 7.71. The van der Waals surface area contributed by atoms with E-state index in [9.17, 15) is 8.42 Å². The summed E-state index contributed by atoms with van der Waals surface area (Å²) in [6.07, 6.45) is 0. The van der Waals surface area contributed by atoms with E-state index in [1.807, 2.05) is 0 Å². The zero-order chi connectivity index (χ0) is 10.1. The van der Waals surface area contributed by atoms with Crippen LogP contribution in [-0.4, -0.2) is 49.6 Å². The molecule has 0 aliphatic heterocycles. The average Bonchev–Trinajstić information content (AvgIpc) is 2.02. The summed E-state index contributed by atoms with van der Waals surface area (Å²) in [6, 6.07) is 3.72. The van der Waals surface area contributed by atoms with Gasteiger partial charge in [0.2, 0.25) is 0 Å². The van der Waals surface area contributed by atoms with Crippen LogP contribution in [-0.2, 0) is 10.1 Å². The van der Waals surface area contributed by atoms with Gasteiger partial charge in [0.1, 0.15) is 5.75 Å². The van der Waals surface area contributed by atoms with Gasteiger partial charge in [0, 0.05) is 0 Å². The zero-order valence-electron chi connectivity index (χ0n) is 6.89. The van der Waals surface area contributed by atoms with Crippen molar-refractivity contribution in [2.24, 2.45) is 0 Å². The van der Waals surface area contributed by atoms with Crippen molar-refractivity contribution in [1.82, 2.24) is 0 Å². The van der Waals surface area contributed by atoms with Crippen molar-refractivity contribution in [1.29, 1.82) is 0 Å². The molecule has 0 saturated heterocycles. The second-order valence-corrected chi connectivity index (χ2v) is 3.80. The van der Waals surface area contributed by atoms with Crippen molar-refractivity contribution in [3.05, 3.63) is 18.2 Å². The molecule has 5 nitrogen and oxygen atoms in total. The second kappa shape index (κ2) is 4.99. The maximum absolute atomic E-state index is 10.6. The fraction of sp³-hybridized carbons (Fsp3) is 0.143. The van der Waals surface area contributed by atoms with Crippen molar-refractivity contribution in [2.45, 2.75) is 4.90 Å². The molecular formula is C7H10NNaO4S. The van der Waals surface area contributed by atoms with E-state index in [4.69, 9.17) is 15.0 Å². The van der Waals surface area contributed by atoms with E-state index < -0.39 is 10.1 Å². The number of methoxy groups -OCH3 is 1. The Bertz CT molecular complexity index is 418. The number of hydrogen-bond donors (Lipinski definition) is 2. The van der Waals surface area contributed by atoms with Gasteiger partial charge in [-0.2, -0.15) is 8.42 Å². The molecule has 74 valence electrons. The van der Waals surface area contributed by atoms with E-state index in [0.29, 0.717) is 5.75 Å².